The molecule has 16 heavy (non-hydrogen) atoms. The average Bonchev–Trinajstić information content (AvgIpc) is 2.17. The van der Waals surface area contributed by atoms with Crippen molar-refractivity contribution in [1.82, 2.24) is 11.5 Å². The molecule has 5 heteroatoms. The van der Waals surface area contributed by atoms with Gasteiger partial charge < -0.3 is 16.2 Å². The molecule has 0 unspecified atom stereocenters. The molecule has 4 nitrogen and oxygen atoms in total. The highest BCUT2D eigenvalue weighted by atomic mass is 32.2. The van der Waals surface area contributed by atoms with Crippen molar-refractivity contribution in [3.05, 3.63) is 23.3 Å². The molecule has 0 aliphatic rings. The van der Waals surface area contributed by atoms with Crippen LogP contribution in [0.3, 0.4) is 0 Å². The maximum absolute atomic E-state index is 11.0. The van der Waals surface area contributed by atoms with Crippen LogP contribution in [-0.2, 0) is 0 Å². The molecule has 0 aromatic heterocycles. The maximum Gasteiger partial charge on any atom is 0.412 e. The minimum Gasteiger partial charge on any atom is -0.410 e. The fourth-order valence-corrected chi connectivity index (χ4v) is 2.21. The molecule has 0 atom stereocenters. The number of amides is 1. The number of aryl methyl sites for hydroxylation is 2. The van der Waals surface area contributed by atoms with Gasteiger partial charge in [-0.1, -0.05) is 0 Å². The molecule has 0 spiro atoms. The molecule has 4 N–H and O–H groups in total. The molecule has 1 rings (SSSR count). The Labute approximate surface area is 100 Å². The van der Waals surface area contributed by atoms with Crippen molar-refractivity contribution in [3.63, 3.8) is 0 Å². The van der Waals surface area contributed by atoms with E-state index in [9.17, 15) is 4.79 Å². The lowest BCUT2D eigenvalue weighted by molar-refractivity contribution is 0.203. The van der Waals surface area contributed by atoms with E-state index in [4.69, 9.17) is 4.74 Å². The standard InChI is InChI=1S/C11H15NO2S.H3N/c1-7-5-9(14-11(13)12-3)6-8(2)10(7)15-4;/h5-6H,1-4H3,(H,12,13);1H3. The van der Waals surface area contributed by atoms with Crippen molar-refractivity contribution in [2.24, 2.45) is 0 Å². The lowest BCUT2D eigenvalue weighted by Gasteiger charge is -2.10. The number of nitrogens with one attached hydrogen (secondary N) is 1. The summed E-state index contributed by atoms with van der Waals surface area (Å²) >= 11 is 1.70. The molecule has 0 fully saturated rings. The van der Waals surface area contributed by atoms with Crippen molar-refractivity contribution in [1.29, 1.82) is 0 Å². The van der Waals surface area contributed by atoms with Gasteiger partial charge in [-0.15, -0.1) is 11.8 Å². The zero-order valence-electron chi connectivity index (χ0n) is 10.1. The van der Waals surface area contributed by atoms with E-state index in [1.54, 1.807) is 11.8 Å². The predicted octanol–water partition coefficient (Wildman–Crippen LogP) is 2.91. The second-order valence-corrected chi connectivity index (χ2v) is 4.05. The van der Waals surface area contributed by atoms with Gasteiger partial charge in [-0.25, -0.2) is 4.79 Å². The molecule has 0 bridgehead atoms. The normalized spacial score (nSPS) is 9.25. The van der Waals surface area contributed by atoms with Gasteiger partial charge >= 0.3 is 6.09 Å². The minimum absolute atomic E-state index is 0. The van der Waals surface area contributed by atoms with Gasteiger partial charge in [-0.05, 0) is 43.4 Å². The van der Waals surface area contributed by atoms with Crippen molar-refractivity contribution < 1.29 is 9.53 Å². The molecule has 1 aromatic carbocycles. The molecule has 0 aliphatic heterocycles. The van der Waals surface area contributed by atoms with Crippen LogP contribution in [-0.4, -0.2) is 19.4 Å². The fraction of sp³-hybridized carbons (Fsp3) is 0.364. The molecule has 0 heterocycles. The summed E-state index contributed by atoms with van der Waals surface area (Å²) in [4.78, 5) is 12.3. The monoisotopic (exact) mass is 242 g/mol. The first kappa shape index (κ1) is 14.8. The van der Waals surface area contributed by atoms with E-state index in [1.165, 1.54) is 11.9 Å². The summed E-state index contributed by atoms with van der Waals surface area (Å²) in [6.07, 6.45) is 1.60. The van der Waals surface area contributed by atoms with Gasteiger partial charge in [0.05, 0.1) is 0 Å². The quantitative estimate of drug-likeness (QED) is 0.782. The largest absolute Gasteiger partial charge is 0.412 e. The zero-order valence-corrected chi connectivity index (χ0v) is 10.9. The number of carbonyl (C=O) groups is 1. The third-order valence-electron chi connectivity index (χ3n) is 2.05. The zero-order chi connectivity index (χ0) is 11.4. The number of rotatable bonds is 2. The van der Waals surface area contributed by atoms with Gasteiger partial charge in [0.1, 0.15) is 5.75 Å². The van der Waals surface area contributed by atoms with Crippen LogP contribution < -0.4 is 16.2 Å². The number of thioether (sulfide) groups is 1. The smallest absolute Gasteiger partial charge is 0.410 e. The van der Waals surface area contributed by atoms with Gasteiger partial charge in [0.2, 0.25) is 0 Å². The van der Waals surface area contributed by atoms with Crippen LogP contribution in [0.2, 0.25) is 0 Å². The highest BCUT2D eigenvalue weighted by Crippen LogP contribution is 2.28. The number of carbonyl (C=O) groups excluding carboxylic acids is 1. The summed E-state index contributed by atoms with van der Waals surface area (Å²) in [5.41, 5.74) is 2.25. The van der Waals surface area contributed by atoms with Crippen molar-refractivity contribution in [2.45, 2.75) is 18.7 Å². The highest BCUT2D eigenvalue weighted by Gasteiger charge is 2.07. The Kier molecular flexibility index (Phi) is 5.92. The highest BCUT2D eigenvalue weighted by molar-refractivity contribution is 7.98. The van der Waals surface area contributed by atoms with Crippen molar-refractivity contribution in [2.75, 3.05) is 13.3 Å². The van der Waals surface area contributed by atoms with E-state index < -0.39 is 6.09 Å². The third-order valence-corrected chi connectivity index (χ3v) is 3.10. The molecule has 0 saturated carbocycles. The van der Waals surface area contributed by atoms with Gasteiger partial charge in [0.15, 0.2) is 0 Å². The number of hydrogen-bond donors (Lipinski definition) is 2. The number of hydrogen-bond acceptors (Lipinski definition) is 4. The predicted molar refractivity (Wildman–Crippen MR) is 67.8 cm³/mol. The van der Waals surface area contributed by atoms with E-state index >= 15 is 0 Å². The summed E-state index contributed by atoms with van der Waals surface area (Å²) in [6, 6.07) is 3.74. The Morgan fingerprint density at radius 3 is 2.19 bits per heavy atom. The molecule has 1 aromatic rings. The van der Waals surface area contributed by atoms with E-state index in [1.807, 2.05) is 32.2 Å². The van der Waals surface area contributed by atoms with Crippen LogP contribution >= 0.6 is 11.8 Å². The maximum atomic E-state index is 11.0. The van der Waals surface area contributed by atoms with E-state index in [2.05, 4.69) is 5.32 Å². The second-order valence-electron chi connectivity index (χ2n) is 3.23. The van der Waals surface area contributed by atoms with Gasteiger partial charge in [0, 0.05) is 11.9 Å². The number of ether oxygens (including phenoxy) is 1. The first-order chi connectivity index (χ1) is 7.08. The van der Waals surface area contributed by atoms with Crippen LogP contribution in [0.25, 0.3) is 0 Å². The second kappa shape index (κ2) is 6.40. The van der Waals surface area contributed by atoms with E-state index in [0.717, 1.165) is 11.1 Å². The molecule has 0 aliphatic carbocycles. The summed E-state index contributed by atoms with van der Waals surface area (Å²) in [6.45, 7) is 4.02. The Morgan fingerprint density at radius 2 is 1.81 bits per heavy atom. The summed E-state index contributed by atoms with van der Waals surface area (Å²) in [7, 11) is 1.54. The minimum atomic E-state index is -0.439. The average molecular weight is 242 g/mol. The Morgan fingerprint density at radius 1 is 1.31 bits per heavy atom. The first-order valence-corrected chi connectivity index (χ1v) is 5.85. The molecular formula is C11H18N2O2S. The lowest BCUT2D eigenvalue weighted by Crippen LogP contribution is -2.22. The van der Waals surface area contributed by atoms with Gasteiger partial charge in [-0.2, -0.15) is 0 Å². The van der Waals surface area contributed by atoms with Gasteiger partial charge in [0.25, 0.3) is 0 Å². The fourth-order valence-electron chi connectivity index (χ4n) is 1.45. The van der Waals surface area contributed by atoms with Crippen LogP contribution in [0.15, 0.2) is 17.0 Å². The van der Waals surface area contributed by atoms with Crippen LogP contribution in [0.1, 0.15) is 11.1 Å². The summed E-state index contributed by atoms with van der Waals surface area (Å²) in [5.74, 6) is 0.585. The third kappa shape index (κ3) is 3.43. The van der Waals surface area contributed by atoms with Gasteiger partial charge in [-0.3, -0.25) is 0 Å². The summed E-state index contributed by atoms with van der Waals surface area (Å²) in [5, 5.41) is 2.41. The molecule has 1 amide bonds. The van der Waals surface area contributed by atoms with Crippen LogP contribution in [0, 0.1) is 13.8 Å². The molecule has 90 valence electrons. The molecule has 0 saturated heterocycles. The topological polar surface area (TPSA) is 73.3 Å². The first-order valence-electron chi connectivity index (χ1n) is 4.63. The lowest BCUT2D eigenvalue weighted by atomic mass is 10.1. The number of benzene rings is 1. The van der Waals surface area contributed by atoms with E-state index in [-0.39, 0.29) is 6.15 Å². The Balaban J connectivity index is 0.00000225. The van der Waals surface area contributed by atoms with Crippen LogP contribution in [0.5, 0.6) is 5.75 Å². The van der Waals surface area contributed by atoms with E-state index in [0.29, 0.717) is 5.75 Å². The molecular weight excluding hydrogens is 224 g/mol. The summed E-state index contributed by atoms with van der Waals surface area (Å²) < 4.78 is 5.07. The van der Waals surface area contributed by atoms with Crippen LogP contribution in [0.4, 0.5) is 4.79 Å². The SMILES string of the molecule is CNC(=O)Oc1cc(C)c(SC)c(C)c1.N. The molecule has 0 radical (unpaired) electrons. The Hall–Kier alpha value is -1.20. The van der Waals surface area contributed by atoms with Crippen molar-refractivity contribution >= 4 is 17.9 Å². The Bertz CT molecular complexity index is 357. The van der Waals surface area contributed by atoms with Crippen molar-refractivity contribution in [3.8, 4) is 5.75 Å².